The molecule has 24 heavy (non-hydrogen) atoms. The van der Waals surface area contributed by atoms with Gasteiger partial charge in [0.1, 0.15) is 22.1 Å². The molecule has 124 valence electrons. The van der Waals surface area contributed by atoms with Gasteiger partial charge in [0.25, 0.3) is 0 Å². The standard InChI is InChI=1S/2C9H11N3/c2*1-6-4-5-7(2)9-8(6)10-12(3)11-9/h2*4-5H,1-3H3. The van der Waals surface area contributed by atoms with E-state index in [1.165, 1.54) is 22.3 Å². The molecule has 0 atom stereocenters. The molecule has 6 nitrogen and oxygen atoms in total. The van der Waals surface area contributed by atoms with Crippen molar-refractivity contribution < 1.29 is 0 Å². The maximum absolute atomic E-state index is 4.28. The molecule has 2 heterocycles. The predicted molar refractivity (Wildman–Crippen MR) is 96.0 cm³/mol. The van der Waals surface area contributed by atoms with E-state index in [-0.39, 0.29) is 0 Å². The van der Waals surface area contributed by atoms with E-state index >= 15 is 0 Å². The van der Waals surface area contributed by atoms with Crippen LogP contribution < -0.4 is 0 Å². The minimum atomic E-state index is 1.01. The Labute approximate surface area is 141 Å². The smallest absolute Gasteiger partial charge is 0.116 e. The van der Waals surface area contributed by atoms with Crippen molar-refractivity contribution in [3.05, 3.63) is 46.5 Å². The molecule has 4 aromatic rings. The molecule has 0 fully saturated rings. The second kappa shape index (κ2) is 6.03. The molecule has 6 heteroatoms. The Morgan fingerprint density at radius 3 is 0.917 bits per heavy atom. The third-order valence-corrected chi connectivity index (χ3v) is 4.09. The molecule has 0 aliphatic heterocycles. The fraction of sp³-hybridized carbons (Fsp3) is 0.333. The van der Waals surface area contributed by atoms with Crippen LogP contribution in [-0.4, -0.2) is 30.0 Å². The first-order valence-corrected chi connectivity index (χ1v) is 7.91. The Balaban J connectivity index is 0.000000141. The minimum Gasteiger partial charge on any atom is -0.187 e. The highest BCUT2D eigenvalue weighted by atomic mass is 15.5. The van der Waals surface area contributed by atoms with Gasteiger partial charge in [-0.15, -0.1) is 0 Å². The molecule has 4 rings (SSSR count). The van der Waals surface area contributed by atoms with E-state index in [9.17, 15) is 0 Å². The fourth-order valence-electron chi connectivity index (χ4n) is 2.69. The van der Waals surface area contributed by atoms with Crippen molar-refractivity contribution >= 4 is 22.1 Å². The summed E-state index contributed by atoms with van der Waals surface area (Å²) in [4.78, 5) is 3.23. The predicted octanol–water partition coefficient (Wildman–Crippen LogP) is 3.17. The molecule has 0 unspecified atom stereocenters. The molecule has 0 radical (unpaired) electrons. The quantitative estimate of drug-likeness (QED) is 0.499. The van der Waals surface area contributed by atoms with Crippen LogP contribution in [0.25, 0.3) is 22.1 Å². The second-order valence-corrected chi connectivity index (χ2v) is 6.17. The summed E-state index contributed by atoms with van der Waals surface area (Å²) in [6.07, 6.45) is 0. The number of aromatic nitrogens is 6. The molecule has 0 saturated carbocycles. The Morgan fingerprint density at radius 1 is 0.500 bits per heavy atom. The van der Waals surface area contributed by atoms with Gasteiger partial charge in [-0.05, 0) is 49.9 Å². The monoisotopic (exact) mass is 322 g/mol. The summed E-state index contributed by atoms with van der Waals surface area (Å²) in [5.41, 5.74) is 8.78. The number of hydrogen-bond donors (Lipinski definition) is 0. The topological polar surface area (TPSA) is 61.4 Å². The van der Waals surface area contributed by atoms with Gasteiger partial charge >= 0.3 is 0 Å². The molecule has 0 amide bonds. The Bertz CT molecular complexity index is 863. The van der Waals surface area contributed by atoms with Gasteiger partial charge in [-0.3, -0.25) is 0 Å². The maximum Gasteiger partial charge on any atom is 0.116 e. The molecular formula is C18H22N6. The summed E-state index contributed by atoms with van der Waals surface area (Å²) in [6.45, 7) is 8.21. The van der Waals surface area contributed by atoms with Crippen molar-refractivity contribution in [2.45, 2.75) is 27.7 Å². The van der Waals surface area contributed by atoms with Crippen molar-refractivity contribution in [2.24, 2.45) is 14.1 Å². The van der Waals surface area contributed by atoms with Gasteiger partial charge < -0.3 is 0 Å². The first kappa shape index (κ1) is 16.1. The van der Waals surface area contributed by atoms with Gasteiger partial charge in [0.05, 0.1) is 0 Å². The first-order chi connectivity index (χ1) is 11.4. The fourth-order valence-corrected chi connectivity index (χ4v) is 2.69. The van der Waals surface area contributed by atoms with Crippen LogP contribution in [0.4, 0.5) is 0 Å². The van der Waals surface area contributed by atoms with Crippen molar-refractivity contribution in [3.63, 3.8) is 0 Å². The minimum absolute atomic E-state index is 1.01. The van der Waals surface area contributed by atoms with Gasteiger partial charge in [0, 0.05) is 14.1 Å². The van der Waals surface area contributed by atoms with Crippen molar-refractivity contribution in [2.75, 3.05) is 0 Å². The van der Waals surface area contributed by atoms with Crippen molar-refractivity contribution in [1.29, 1.82) is 0 Å². The van der Waals surface area contributed by atoms with Crippen LogP contribution >= 0.6 is 0 Å². The van der Waals surface area contributed by atoms with Crippen LogP contribution in [0.1, 0.15) is 22.3 Å². The molecule has 0 N–H and O–H groups in total. The van der Waals surface area contributed by atoms with Gasteiger partial charge in [-0.2, -0.15) is 30.0 Å². The molecule has 0 bridgehead atoms. The molecular weight excluding hydrogens is 300 g/mol. The number of hydrogen-bond acceptors (Lipinski definition) is 4. The molecule has 0 aliphatic rings. The summed E-state index contributed by atoms with van der Waals surface area (Å²) in [6, 6.07) is 8.30. The van der Waals surface area contributed by atoms with Gasteiger partial charge in [-0.25, -0.2) is 0 Å². The zero-order chi connectivity index (χ0) is 17.4. The highest BCUT2D eigenvalue weighted by molar-refractivity contribution is 5.81. The summed E-state index contributed by atoms with van der Waals surface area (Å²) >= 11 is 0. The van der Waals surface area contributed by atoms with Crippen LogP contribution in [-0.2, 0) is 14.1 Å². The van der Waals surface area contributed by atoms with E-state index in [0.717, 1.165) is 22.1 Å². The number of fused-ring (bicyclic) bond motifs is 2. The Kier molecular flexibility index (Phi) is 4.05. The summed E-state index contributed by atoms with van der Waals surface area (Å²) in [5, 5.41) is 17.1. The van der Waals surface area contributed by atoms with Crippen LogP contribution in [0.3, 0.4) is 0 Å². The second-order valence-electron chi connectivity index (χ2n) is 6.17. The highest BCUT2D eigenvalue weighted by Gasteiger charge is 2.05. The zero-order valence-electron chi connectivity index (χ0n) is 15.0. The van der Waals surface area contributed by atoms with Gasteiger partial charge in [-0.1, -0.05) is 24.3 Å². The van der Waals surface area contributed by atoms with Crippen LogP contribution in [0.2, 0.25) is 0 Å². The van der Waals surface area contributed by atoms with Crippen molar-refractivity contribution in [1.82, 2.24) is 30.0 Å². The van der Waals surface area contributed by atoms with Crippen LogP contribution in [0, 0.1) is 27.7 Å². The average Bonchev–Trinajstić information content (AvgIpc) is 3.12. The lowest BCUT2D eigenvalue weighted by Crippen LogP contribution is -1.90. The van der Waals surface area contributed by atoms with Crippen LogP contribution in [0.15, 0.2) is 24.3 Å². The van der Waals surface area contributed by atoms with E-state index in [1.54, 1.807) is 9.59 Å². The molecule has 2 aromatic heterocycles. The van der Waals surface area contributed by atoms with Gasteiger partial charge in [0.15, 0.2) is 0 Å². The zero-order valence-corrected chi connectivity index (χ0v) is 15.0. The third-order valence-electron chi connectivity index (χ3n) is 4.09. The van der Waals surface area contributed by atoms with Crippen molar-refractivity contribution in [3.8, 4) is 0 Å². The maximum atomic E-state index is 4.28. The average molecular weight is 322 g/mol. The summed E-state index contributed by atoms with van der Waals surface area (Å²) < 4.78 is 0. The largest absolute Gasteiger partial charge is 0.187 e. The number of benzene rings is 2. The van der Waals surface area contributed by atoms with E-state index in [2.05, 4.69) is 72.4 Å². The number of aryl methyl sites for hydroxylation is 6. The third kappa shape index (κ3) is 2.87. The lowest BCUT2D eigenvalue weighted by molar-refractivity contribution is 0.664. The first-order valence-electron chi connectivity index (χ1n) is 7.91. The Morgan fingerprint density at radius 2 is 0.708 bits per heavy atom. The van der Waals surface area contributed by atoms with E-state index < -0.39 is 0 Å². The lowest BCUT2D eigenvalue weighted by Gasteiger charge is -1.94. The summed E-state index contributed by atoms with van der Waals surface area (Å²) in [7, 11) is 3.69. The SMILES string of the molecule is Cc1ccc(C)c2nn(C)nc12.Cc1ccc(C)c2nn(C)nc12. The van der Waals surface area contributed by atoms with Crippen LogP contribution in [0.5, 0.6) is 0 Å². The van der Waals surface area contributed by atoms with Gasteiger partial charge in [0.2, 0.25) is 0 Å². The normalized spacial score (nSPS) is 10.9. The molecule has 0 saturated heterocycles. The molecule has 0 spiro atoms. The number of nitrogens with zero attached hydrogens (tertiary/aromatic N) is 6. The lowest BCUT2D eigenvalue weighted by atomic mass is 10.1. The molecule has 2 aromatic carbocycles. The van der Waals surface area contributed by atoms with E-state index in [0.29, 0.717) is 0 Å². The molecule has 0 aliphatic carbocycles. The summed E-state index contributed by atoms with van der Waals surface area (Å²) in [5.74, 6) is 0. The van der Waals surface area contributed by atoms with E-state index in [4.69, 9.17) is 0 Å². The number of rotatable bonds is 0. The highest BCUT2D eigenvalue weighted by Crippen LogP contribution is 2.18. The van der Waals surface area contributed by atoms with E-state index in [1.807, 2.05) is 14.1 Å². The Hall–Kier alpha value is -2.76.